The monoisotopic (exact) mass is 778 g/mol. The number of carbonyl (C=O) groups is 1. The van der Waals surface area contributed by atoms with Gasteiger partial charge in [-0.1, -0.05) is 218 Å². The average Bonchev–Trinajstić information content (AvgIpc) is 3.19. The van der Waals surface area contributed by atoms with E-state index in [1.807, 2.05) is 0 Å². The predicted molar refractivity (Wildman–Crippen MR) is 237 cm³/mol. The van der Waals surface area contributed by atoms with Gasteiger partial charge >= 0.3 is 0 Å². The topological polar surface area (TPSA) is 110 Å². The van der Waals surface area contributed by atoms with Gasteiger partial charge in [-0.05, 0) is 57.8 Å². The molecule has 6 heteroatoms. The van der Waals surface area contributed by atoms with Crippen LogP contribution in [0.15, 0.2) is 24.3 Å². The molecule has 4 unspecified atom stereocenters. The summed E-state index contributed by atoms with van der Waals surface area (Å²) in [6.45, 7) is 3.98. The van der Waals surface area contributed by atoms with Gasteiger partial charge in [-0.3, -0.25) is 4.79 Å². The van der Waals surface area contributed by atoms with E-state index in [-0.39, 0.29) is 0 Å². The van der Waals surface area contributed by atoms with E-state index >= 15 is 0 Å². The molecule has 55 heavy (non-hydrogen) atoms. The molecule has 326 valence electrons. The van der Waals surface area contributed by atoms with Crippen LogP contribution in [0.5, 0.6) is 0 Å². The Morgan fingerprint density at radius 1 is 0.436 bits per heavy atom. The summed E-state index contributed by atoms with van der Waals surface area (Å²) in [7, 11) is 0. The lowest BCUT2D eigenvalue weighted by atomic mass is 10.00. The summed E-state index contributed by atoms with van der Waals surface area (Å²) in [6, 6.07) is -1.01. The lowest BCUT2D eigenvalue weighted by molar-refractivity contribution is -0.132. The Labute approximate surface area is 342 Å². The fourth-order valence-electron chi connectivity index (χ4n) is 7.50. The van der Waals surface area contributed by atoms with Crippen LogP contribution in [0.1, 0.15) is 251 Å². The molecule has 0 saturated carbocycles. The largest absolute Gasteiger partial charge is 0.394 e. The number of allylic oxidation sites excluding steroid dienone is 4. The van der Waals surface area contributed by atoms with E-state index in [1.165, 1.54) is 173 Å². The smallest absolute Gasteiger partial charge is 0.249 e. The Kier molecular flexibility index (Phi) is 42.9. The number of aliphatic hydroxyl groups is 4. The van der Waals surface area contributed by atoms with Gasteiger partial charge in [-0.15, -0.1) is 0 Å². The second-order valence-corrected chi connectivity index (χ2v) is 16.8. The number of hydrogen-bond donors (Lipinski definition) is 5. The molecule has 0 spiro atoms. The maximum Gasteiger partial charge on any atom is 0.249 e. The molecule has 0 aromatic carbocycles. The van der Waals surface area contributed by atoms with Gasteiger partial charge in [0, 0.05) is 0 Å². The highest BCUT2D eigenvalue weighted by atomic mass is 16.3. The summed E-state index contributed by atoms with van der Waals surface area (Å²) in [5, 5.41) is 43.5. The first-order valence-electron chi connectivity index (χ1n) is 24.2. The predicted octanol–water partition coefficient (Wildman–Crippen LogP) is 13.1. The molecule has 0 rings (SSSR count). The van der Waals surface area contributed by atoms with Crippen LogP contribution in [-0.2, 0) is 4.79 Å². The molecule has 0 aliphatic carbocycles. The molecule has 0 saturated heterocycles. The summed E-state index contributed by atoms with van der Waals surface area (Å²) >= 11 is 0. The first-order valence-corrected chi connectivity index (χ1v) is 24.2. The van der Waals surface area contributed by atoms with Gasteiger partial charge in [0.1, 0.15) is 12.2 Å². The average molecular weight is 778 g/mol. The number of aliphatic hydroxyl groups excluding tert-OH is 4. The van der Waals surface area contributed by atoms with Crippen LogP contribution in [0.2, 0.25) is 0 Å². The minimum Gasteiger partial charge on any atom is -0.394 e. The van der Waals surface area contributed by atoms with Crippen LogP contribution in [0.25, 0.3) is 0 Å². The van der Waals surface area contributed by atoms with Gasteiger partial charge in [0.2, 0.25) is 5.91 Å². The molecule has 4 atom stereocenters. The van der Waals surface area contributed by atoms with Crippen molar-refractivity contribution in [2.24, 2.45) is 0 Å². The fraction of sp³-hybridized carbons (Fsp3) is 0.898. The van der Waals surface area contributed by atoms with Crippen molar-refractivity contribution in [3.8, 4) is 0 Å². The summed E-state index contributed by atoms with van der Waals surface area (Å²) < 4.78 is 0. The van der Waals surface area contributed by atoms with E-state index < -0.39 is 36.9 Å². The first-order chi connectivity index (χ1) is 27.0. The van der Waals surface area contributed by atoms with E-state index in [0.717, 1.165) is 51.4 Å². The van der Waals surface area contributed by atoms with Crippen molar-refractivity contribution < 1.29 is 25.2 Å². The molecule has 0 radical (unpaired) electrons. The zero-order valence-electron chi connectivity index (χ0n) is 36.7. The molecule has 0 aliphatic heterocycles. The van der Waals surface area contributed by atoms with Crippen molar-refractivity contribution in [2.45, 2.75) is 276 Å². The van der Waals surface area contributed by atoms with E-state index in [1.54, 1.807) is 0 Å². The number of rotatable bonds is 44. The van der Waals surface area contributed by atoms with E-state index in [9.17, 15) is 25.2 Å². The number of amides is 1. The third-order valence-corrected chi connectivity index (χ3v) is 11.4. The Morgan fingerprint density at radius 3 is 1.15 bits per heavy atom. The van der Waals surface area contributed by atoms with Gasteiger partial charge in [0.05, 0.1) is 18.8 Å². The molecule has 0 aromatic rings. The van der Waals surface area contributed by atoms with Crippen molar-refractivity contribution in [3.63, 3.8) is 0 Å². The van der Waals surface area contributed by atoms with Crippen LogP contribution in [0.3, 0.4) is 0 Å². The Hall–Kier alpha value is -1.21. The molecule has 1 amide bonds. The van der Waals surface area contributed by atoms with E-state index in [2.05, 4.69) is 43.5 Å². The van der Waals surface area contributed by atoms with Crippen molar-refractivity contribution in [2.75, 3.05) is 6.61 Å². The minimum absolute atomic E-state index is 0.341. The quantitative estimate of drug-likeness (QED) is 0.0313. The highest BCUT2D eigenvalue weighted by Crippen LogP contribution is 2.17. The van der Waals surface area contributed by atoms with Crippen LogP contribution >= 0.6 is 0 Å². The third kappa shape index (κ3) is 38.1. The second kappa shape index (κ2) is 43.9. The zero-order valence-corrected chi connectivity index (χ0v) is 36.7. The molecule has 0 aliphatic rings. The lowest BCUT2D eigenvalue weighted by Gasteiger charge is -2.27. The molecule has 0 fully saturated rings. The van der Waals surface area contributed by atoms with Crippen LogP contribution in [0, 0.1) is 0 Å². The maximum atomic E-state index is 12.4. The van der Waals surface area contributed by atoms with Crippen LogP contribution in [-0.4, -0.2) is 57.3 Å². The summed E-state index contributed by atoms with van der Waals surface area (Å²) in [5.41, 5.74) is 0. The number of unbranched alkanes of at least 4 members (excludes halogenated alkanes) is 31. The van der Waals surface area contributed by atoms with Gasteiger partial charge in [-0.25, -0.2) is 0 Å². The second-order valence-electron chi connectivity index (χ2n) is 16.8. The van der Waals surface area contributed by atoms with E-state index in [0.29, 0.717) is 12.8 Å². The Morgan fingerprint density at radius 2 is 0.764 bits per heavy atom. The van der Waals surface area contributed by atoms with Gasteiger partial charge in [-0.2, -0.15) is 0 Å². The summed E-state index contributed by atoms with van der Waals surface area (Å²) in [5.74, 6) is -0.608. The molecular formula is C49H95NO5. The van der Waals surface area contributed by atoms with Crippen molar-refractivity contribution >= 4 is 5.91 Å². The Balaban J connectivity index is 3.58. The highest BCUT2D eigenvalue weighted by molar-refractivity contribution is 5.80. The Bertz CT molecular complexity index is 832. The van der Waals surface area contributed by atoms with Crippen molar-refractivity contribution in [1.82, 2.24) is 5.32 Å². The molecular weight excluding hydrogens is 683 g/mol. The van der Waals surface area contributed by atoms with Gasteiger partial charge in [0.15, 0.2) is 0 Å². The maximum absolute atomic E-state index is 12.4. The van der Waals surface area contributed by atoms with Crippen LogP contribution < -0.4 is 5.32 Å². The fourth-order valence-corrected chi connectivity index (χ4v) is 7.50. The minimum atomic E-state index is -1.28. The third-order valence-electron chi connectivity index (χ3n) is 11.4. The molecule has 5 N–H and O–H groups in total. The molecule has 0 heterocycles. The van der Waals surface area contributed by atoms with Crippen molar-refractivity contribution in [1.29, 1.82) is 0 Å². The lowest BCUT2D eigenvalue weighted by Crippen LogP contribution is -2.53. The van der Waals surface area contributed by atoms with Gasteiger partial charge in [0.25, 0.3) is 0 Å². The zero-order chi connectivity index (χ0) is 40.3. The normalized spacial score (nSPS) is 14.2. The standard InChI is InChI=1S/C49H95NO5/c1-3-5-7-9-11-13-14-15-16-17-18-19-20-21-22-23-24-25-26-27-28-29-30-31-32-33-35-36-38-40-42-46(52)48(54)45(44-51)50-49(55)47(53)43-41-39-37-34-12-10-8-6-4-2/h10,12,35-36,45-48,51-54H,3-9,11,13-34,37-44H2,1-2H3,(H,50,55)/b12-10-,36-35+. The SMILES string of the molecule is CCCC/C=C\CCCCCC(O)C(=O)NC(CO)C(O)C(O)CCC/C=C/CCCCCCCCCCCCCCCCCCCCCCCCCCC. The number of nitrogens with one attached hydrogen (secondary N) is 1. The van der Waals surface area contributed by atoms with E-state index in [4.69, 9.17) is 0 Å². The van der Waals surface area contributed by atoms with Crippen LogP contribution in [0.4, 0.5) is 0 Å². The molecule has 0 aromatic heterocycles. The highest BCUT2D eigenvalue weighted by Gasteiger charge is 2.28. The first kappa shape index (κ1) is 53.8. The number of hydrogen-bond acceptors (Lipinski definition) is 5. The van der Waals surface area contributed by atoms with Crippen molar-refractivity contribution in [3.05, 3.63) is 24.3 Å². The summed E-state index contributed by atoms with van der Waals surface area (Å²) in [4.78, 5) is 12.4. The molecule has 6 nitrogen and oxygen atoms in total. The van der Waals surface area contributed by atoms with Gasteiger partial charge < -0.3 is 25.7 Å². The molecule has 0 bridgehead atoms. The summed E-state index contributed by atoms with van der Waals surface area (Å²) in [6.07, 6.45) is 51.2. The number of carbonyl (C=O) groups excluding carboxylic acids is 1.